The lowest BCUT2D eigenvalue weighted by Crippen LogP contribution is -2.39. The fraction of sp³-hybridized carbons (Fsp3) is 0.370. The number of methoxy groups -OCH3 is 1. The Hall–Kier alpha value is -3.45. The van der Waals surface area contributed by atoms with E-state index < -0.39 is 23.4 Å². The molecule has 0 aliphatic carbocycles. The van der Waals surface area contributed by atoms with Crippen LogP contribution in [-0.2, 0) is 11.2 Å². The van der Waals surface area contributed by atoms with Gasteiger partial charge in [-0.05, 0) is 24.0 Å². The second-order valence-electron chi connectivity index (χ2n) is 8.68. The monoisotopic (exact) mass is 461 g/mol. The molecule has 2 atom stereocenters. The van der Waals surface area contributed by atoms with Gasteiger partial charge in [-0.1, -0.05) is 67.6 Å². The Morgan fingerprint density at radius 1 is 1.15 bits per heavy atom. The van der Waals surface area contributed by atoms with Crippen LogP contribution in [0, 0.1) is 0 Å². The van der Waals surface area contributed by atoms with Crippen LogP contribution in [0.5, 0.6) is 5.88 Å². The molecule has 2 aromatic carbocycles. The number of likely N-dealkylation sites (tertiary alicyclic amines) is 1. The predicted molar refractivity (Wildman–Crippen MR) is 130 cm³/mol. The van der Waals surface area contributed by atoms with Crippen LogP contribution in [0.4, 0.5) is 0 Å². The van der Waals surface area contributed by atoms with Crippen molar-refractivity contribution in [1.82, 2.24) is 14.5 Å². The van der Waals surface area contributed by atoms with Gasteiger partial charge in [-0.25, -0.2) is 0 Å². The predicted octanol–water partition coefficient (Wildman–Crippen LogP) is 3.77. The van der Waals surface area contributed by atoms with Crippen molar-refractivity contribution in [3.05, 3.63) is 93.5 Å². The number of benzene rings is 2. The average Bonchev–Trinajstić information content (AvgIpc) is 3.35. The van der Waals surface area contributed by atoms with Gasteiger partial charge in [0, 0.05) is 32.5 Å². The number of aromatic nitrogens is 2. The largest absolute Gasteiger partial charge is 0.493 e. The van der Waals surface area contributed by atoms with Gasteiger partial charge in [0.15, 0.2) is 5.56 Å². The minimum Gasteiger partial charge on any atom is -0.493 e. The van der Waals surface area contributed by atoms with Gasteiger partial charge in [-0.3, -0.25) is 14.2 Å². The Bertz CT molecular complexity index is 1180. The van der Waals surface area contributed by atoms with Crippen molar-refractivity contribution in [3.8, 4) is 5.88 Å². The number of nitrogens with zero attached hydrogens (tertiary/aromatic N) is 3. The smallest absolute Gasteiger partial charge is 0.271 e. The molecule has 3 aromatic rings. The Kier molecular flexibility index (Phi) is 7.43. The number of carbonyl (C=O) groups excluding carboxylic acids is 1. The molecule has 0 saturated carbocycles. The topological polar surface area (TPSA) is 84.7 Å². The van der Waals surface area contributed by atoms with Gasteiger partial charge in [0.25, 0.3) is 11.5 Å². The quantitative estimate of drug-likeness (QED) is 0.552. The van der Waals surface area contributed by atoms with E-state index in [0.29, 0.717) is 25.3 Å². The lowest BCUT2D eigenvalue weighted by molar-refractivity contribution is 0.0783. The normalized spacial score (nSPS) is 16.5. The van der Waals surface area contributed by atoms with Crippen molar-refractivity contribution >= 4 is 5.91 Å². The Labute approximate surface area is 199 Å². The van der Waals surface area contributed by atoms with E-state index in [-0.39, 0.29) is 18.1 Å². The van der Waals surface area contributed by atoms with E-state index in [1.807, 2.05) is 55.5 Å². The molecular formula is C27H31N3O4. The first-order valence-corrected chi connectivity index (χ1v) is 11.8. The van der Waals surface area contributed by atoms with E-state index in [1.54, 1.807) is 12.0 Å². The Morgan fingerprint density at radius 3 is 2.47 bits per heavy atom. The summed E-state index contributed by atoms with van der Waals surface area (Å²) in [5.74, 6) is -0.333. The van der Waals surface area contributed by atoms with Crippen molar-refractivity contribution in [3.63, 3.8) is 0 Å². The van der Waals surface area contributed by atoms with Gasteiger partial charge in [-0.15, -0.1) is 0 Å². The number of carbonyl (C=O) groups is 1. The molecule has 178 valence electrons. The molecule has 4 rings (SSSR count). The first-order valence-electron chi connectivity index (χ1n) is 11.8. The molecule has 1 unspecified atom stereocenters. The molecule has 1 saturated heterocycles. The molecule has 2 heterocycles. The summed E-state index contributed by atoms with van der Waals surface area (Å²) < 4.78 is 6.98. The lowest BCUT2D eigenvalue weighted by Gasteiger charge is -2.24. The number of ether oxygens (including phenoxy) is 1. The Balaban J connectivity index is 1.74. The molecule has 1 aromatic heterocycles. The highest BCUT2D eigenvalue weighted by Gasteiger charge is 2.33. The molecule has 7 heteroatoms. The number of aryl methyl sites for hydroxylation is 1. The standard InChI is InChI=1S/C27H31N3O4/c1-3-10-23-28-25(31)24(26(32)29-16-15-21(17-29)19-11-6-4-7-12-19)27(33)30(23)22(18-34-2)20-13-8-5-9-14-20/h4-9,11-14,21-22,31H,3,10,15-18H2,1-2H3/t21-,22?/m0/s1. The zero-order chi connectivity index (χ0) is 24.1. The second kappa shape index (κ2) is 10.7. The number of hydrogen-bond donors (Lipinski definition) is 1. The van der Waals surface area contributed by atoms with Crippen LogP contribution in [0.2, 0.25) is 0 Å². The van der Waals surface area contributed by atoms with E-state index in [2.05, 4.69) is 17.1 Å². The summed E-state index contributed by atoms with van der Waals surface area (Å²) in [6.07, 6.45) is 2.03. The van der Waals surface area contributed by atoms with Crippen molar-refractivity contribution in [2.24, 2.45) is 0 Å². The van der Waals surface area contributed by atoms with Crippen LogP contribution in [0.25, 0.3) is 0 Å². The maximum Gasteiger partial charge on any atom is 0.271 e. The van der Waals surface area contributed by atoms with Crippen LogP contribution >= 0.6 is 0 Å². The van der Waals surface area contributed by atoms with Gasteiger partial charge < -0.3 is 14.7 Å². The first-order chi connectivity index (χ1) is 16.5. The van der Waals surface area contributed by atoms with E-state index in [9.17, 15) is 14.7 Å². The summed E-state index contributed by atoms with van der Waals surface area (Å²) in [5.41, 5.74) is 1.24. The SMILES string of the molecule is CCCc1nc(O)c(C(=O)N2CC[C@H](c3ccccc3)C2)c(=O)n1C(COC)c1ccccc1. The third-order valence-corrected chi connectivity index (χ3v) is 6.42. The fourth-order valence-electron chi connectivity index (χ4n) is 4.73. The van der Waals surface area contributed by atoms with E-state index in [1.165, 1.54) is 10.1 Å². The van der Waals surface area contributed by atoms with Crippen molar-refractivity contribution in [2.45, 2.75) is 38.1 Å². The van der Waals surface area contributed by atoms with Crippen molar-refractivity contribution in [2.75, 3.05) is 26.8 Å². The van der Waals surface area contributed by atoms with E-state index in [4.69, 9.17) is 4.74 Å². The lowest BCUT2D eigenvalue weighted by atomic mass is 9.99. The van der Waals surface area contributed by atoms with Gasteiger partial charge >= 0.3 is 0 Å². The molecular weight excluding hydrogens is 430 g/mol. The molecule has 1 N–H and O–H groups in total. The van der Waals surface area contributed by atoms with Crippen molar-refractivity contribution in [1.29, 1.82) is 0 Å². The van der Waals surface area contributed by atoms with E-state index in [0.717, 1.165) is 18.4 Å². The highest BCUT2D eigenvalue weighted by atomic mass is 16.5. The molecule has 34 heavy (non-hydrogen) atoms. The molecule has 0 bridgehead atoms. The maximum absolute atomic E-state index is 13.8. The van der Waals surface area contributed by atoms with Gasteiger partial charge in [-0.2, -0.15) is 4.98 Å². The molecule has 1 amide bonds. The number of hydrogen-bond acceptors (Lipinski definition) is 5. The summed E-state index contributed by atoms with van der Waals surface area (Å²) in [7, 11) is 1.58. The van der Waals surface area contributed by atoms with Crippen LogP contribution in [0.15, 0.2) is 65.5 Å². The summed E-state index contributed by atoms with van der Waals surface area (Å²) in [6, 6.07) is 19.1. The molecule has 1 aliphatic rings. The van der Waals surface area contributed by atoms with Gasteiger partial charge in [0.05, 0.1) is 12.6 Å². The highest BCUT2D eigenvalue weighted by Crippen LogP contribution is 2.29. The summed E-state index contributed by atoms with van der Waals surface area (Å²) >= 11 is 0. The van der Waals surface area contributed by atoms with Crippen LogP contribution in [0.3, 0.4) is 0 Å². The summed E-state index contributed by atoms with van der Waals surface area (Å²) in [4.78, 5) is 33.3. The minimum atomic E-state index is -0.532. The maximum atomic E-state index is 13.8. The number of rotatable bonds is 8. The fourth-order valence-corrected chi connectivity index (χ4v) is 4.73. The Morgan fingerprint density at radius 2 is 1.82 bits per heavy atom. The van der Waals surface area contributed by atoms with E-state index >= 15 is 0 Å². The van der Waals surface area contributed by atoms with Gasteiger partial charge in [0.1, 0.15) is 5.82 Å². The zero-order valence-corrected chi connectivity index (χ0v) is 19.7. The van der Waals surface area contributed by atoms with Crippen LogP contribution in [0.1, 0.15) is 59.0 Å². The number of amides is 1. The minimum absolute atomic E-state index is 0.201. The number of aromatic hydroxyl groups is 1. The van der Waals surface area contributed by atoms with Crippen LogP contribution in [-0.4, -0.2) is 52.3 Å². The third kappa shape index (κ3) is 4.75. The summed E-state index contributed by atoms with van der Waals surface area (Å²) in [5, 5.41) is 10.7. The third-order valence-electron chi connectivity index (χ3n) is 6.42. The molecule has 7 nitrogen and oxygen atoms in total. The second-order valence-corrected chi connectivity index (χ2v) is 8.68. The molecule has 0 spiro atoms. The molecule has 1 aliphatic heterocycles. The van der Waals surface area contributed by atoms with Gasteiger partial charge in [0.2, 0.25) is 5.88 Å². The van der Waals surface area contributed by atoms with Crippen molar-refractivity contribution < 1.29 is 14.6 Å². The molecule has 1 fully saturated rings. The first kappa shape index (κ1) is 23.7. The molecule has 0 radical (unpaired) electrons. The van der Waals surface area contributed by atoms with Crippen LogP contribution < -0.4 is 5.56 Å². The summed E-state index contributed by atoms with van der Waals surface area (Å²) in [6.45, 7) is 3.24. The highest BCUT2D eigenvalue weighted by molar-refractivity contribution is 5.96. The average molecular weight is 462 g/mol. The zero-order valence-electron chi connectivity index (χ0n) is 19.7.